The maximum atomic E-state index is 13.4. The topological polar surface area (TPSA) is 80.6 Å². The molecule has 0 saturated heterocycles. The van der Waals surface area contributed by atoms with Crippen LogP contribution in [-0.2, 0) is 13.2 Å². The van der Waals surface area contributed by atoms with Gasteiger partial charge in [-0.25, -0.2) is 8.78 Å². The number of nitroso groups, excluding NO2 is 1. The average molecular weight is 383 g/mol. The fourth-order valence-electron chi connectivity index (χ4n) is 2.48. The number of rotatable bonds is 7. The highest BCUT2D eigenvalue weighted by Crippen LogP contribution is 2.24. The number of anilines is 1. The van der Waals surface area contributed by atoms with E-state index < -0.39 is 17.5 Å². The minimum Gasteiger partial charge on any atom is -0.488 e. The van der Waals surface area contributed by atoms with Crippen molar-refractivity contribution in [3.8, 4) is 5.75 Å². The Morgan fingerprint density at radius 2 is 1.89 bits per heavy atom. The van der Waals surface area contributed by atoms with E-state index in [1.165, 1.54) is 24.4 Å². The van der Waals surface area contributed by atoms with E-state index in [9.17, 15) is 18.5 Å². The molecular formula is C20H15F2N3O3. The molecule has 2 aromatic carbocycles. The van der Waals surface area contributed by atoms with Crippen molar-refractivity contribution in [2.45, 2.75) is 13.2 Å². The largest absolute Gasteiger partial charge is 0.488 e. The third-order valence-corrected chi connectivity index (χ3v) is 3.83. The molecule has 0 unspecified atom stereocenters. The highest BCUT2D eigenvalue weighted by molar-refractivity contribution is 6.06. The molecule has 1 amide bonds. The second-order valence-electron chi connectivity index (χ2n) is 5.85. The molecule has 0 aliphatic carbocycles. The first-order valence-corrected chi connectivity index (χ1v) is 8.27. The van der Waals surface area contributed by atoms with Crippen molar-refractivity contribution in [1.29, 1.82) is 0 Å². The molecule has 1 N–H and O–H groups in total. The van der Waals surface area contributed by atoms with Crippen molar-refractivity contribution in [2.24, 2.45) is 5.18 Å². The molecule has 0 saturated carbocycles. The van der Waals surface area contributed by atoms with Gasteiger partial charge in [0.25, 0.3) is 5.91 Å². The molecule has 3 aromatic rings. The quantitative estimate of drug-likeness (QED) is 0.611. The smallest absolute Gasteiger partial charge is 0.259 e. The number of nitrogens with zero attached hydrogens (tertiary/aromatic N) is 2. The monoisotopic (exact) mass is 383 g/mol. The van der Waals surface area contributed by atoms with Gasteiger partial charge in [-0.15, -0.1) is 0 Å². The van der Waals surface area contributed by atoms with Crippen LogP contribution < -0.4 is 10.1 Å². The van der Waals surface area contributed by atoms with Crippen molar-refractivity contribution in [1.82, 2.24) is 4.98 Å². The van der Waals surface area contributed by atoms with Gasteiger partial charge in [0.05, 0.1) is 17.4 Å². The molecule has 0 aliphatic rings. The standard InChI is InChI=1S/C20H15F2N3O3/c21-17-5-3-14(9-18(17)22)12-28-19-6-4-13(10-24-27)8-16(19)20(26)25-15-2-1-7-23-11-15/h1-9,11H,10,12H2,(H,25,26). The molecule has 0 fully saturated rings. The van der Waals surface area contributed by atoms with Crippen molar-refractivity contribution in [3.05, 3.63) is 94.2 Å². The van der Waals surface area contributed by atoms with Crippen molar-refractivity contribution in [3.63, 3.8) is 0 Å². The van der Waals surface area contributed by atoms with Gasteiger partial charge in [-0.3, -0.25) is 9.78 Å². The number of halogens is 2. The second kappa shape index (κ2) is 8.81. The fraction of sp³-hybridized carbons (Fsp3) is 0.100. The lowest BCUT2D eigenvalue weighted by molar-refractivity contribution is 0.102. The van der Waals surface area contributed by atoms with E-state index in [1.54, 1.807) is 24.4 Å². The molecule has 28 heavy (non-hydrogen) atoms. The lowest BCUT2D eigenvalue weighted by Gasteiger charge is -2.13. The van der Waals surface area contributed by atoms with Gasteiger partial charge in [-0.2, -0.15) is 4.91 Å². The third-order valence-electron chi connectivity index (χ3n) is 3.83. The van der Waals surface area contributed by atoms with Gasteiger partial charge in [0.15, 0.2) is 11.6 Å². The molecule has 142 valence electrons. The number of ether oxygens (including phenoxy) is 1. The van der Waals surface area contributed by atoms with Gasteiger partial charge in [-0.1, -0.05) is 17.3 Å². The Bertz CT molecular complexity index is 997. The van der Waals surface area contributed by atoms with E-state index in [0.717, 1.165) is 12.1 Å². The Morgan fingerprint density at radius 3 is 2.61 bits per heavy atom. The summed E-state index contributed by atoms with van der Waals surface area (Å²) in [5.74, 6) is -2.18. The number of carbonyl (C=O) groups excluding carboxylic acids is 1. The van der Waals surface area contributed by atoms with Crippen LogP contribution in [0.2, 0.25) is 0 Å². The number of nitrogens with one attached hydrogen (secondary N) is 1. The SMILES string of the molecule is O=NCc1ccc(OCc2ccc(F)c(F)c2)c(C(=O)Nc2cccnc2)c1. The normalized spacial score (nSPS) is 10.4. The van der Waals surface area contributed by atoms with Crippen LogP contribution in [0, 0.1) is 16.5 Å². The Labute approximate surface area is 159 Å². The molecule has 6 nitrogen and oxygen atoms in total. The summed E-state index contributed by atoms with van der Waals surface area (Å²) in [5.41, 5.74) is 1.59. The fourth-order valence-corrected chi connectivity index (χ4v) is 2.48. The first-order valence-electron chi connectivity index (χ1n) is 8.27. The van der Waals surface area contributed by atoms with E-state index >= 15 is 0 Å². The van der Waals surface area contributed by atoms with E-state index in [-0.39, 0.29) is 24.5 Å². The summed E-state index contributed by atoms with van der Waals surface area (Å²) in [6.07, 6.45) is 3.05. The molecule has 1 heterocycles. The maximum Gasteiger partial charge on any atom is 0.259 e. The molecule has 0 aliphatic heterocycles. The molecule has 0 atom stereocenters. The van der Waals surface area contributed by atoms with Crippen LogP contribution in [0.15, 0.2) is 66.1 Å². The molecular weight excluding hydrogens is 368 g/mol. The number of carbonyl (C=O) groups is 1. The Hall–Kier alpha value is -3.68. The number of hydrogen-bond donors (Lipinski definition) is 1. The highest BCUT2D eigenvalue weighted by atomic mass is 19.2. The first kappa shape index (κ1) is 19.1. The number of amides is 1. The Balaban J connectivity index is 1.83. The average Bonchev–Trinajstić information content (AvgIpc) is 2.70. The lowest BCUT2D eigenvalue weighted by Crippen LogP contribution is -2.14. The van der Waals surface area contributed by atoms with Gasteiger partial charge in [-0.05, 0) is 47.5 Å². The zero-order valence-corrected chi connectivity index (χ0v) is 14.6. The minimum absolute atomic E-state index is 0.0738. The molecule has 3 rings (SSSR count). The van der Waals surface area contributed by atoms with E-state index in [4.69, 9.17) is 4.74 Å². The number of aromatic nitrogens is 1. The van der Waals surface area contributed by atoms with Crippen LogP contribution >= 0.6 is 0 Å². The van der Waals surface area contributed by atoms with Gasteiger partial charge >= 0.3 is 0 Å². The molecule has 0 radical (unpaired) electrons. The predicted octanol–water partition coefficient (Wildman–Crippen LogP) is 4.46. The van der Waals surface area contributed by atoms with Gasteiger partial charge in [0.1, 0.15) is 18.9 Å². The van der Waals surface area contributed by atoms with Crippen LogP contribution in [0.25, 0.3) is 0 Å². The molecule has 8 heteroatoms. The van der Waals surface area contributed by atoms with Crippen LogP contribution in [-0.4, -0.2) is 10.9 Å². The van der Waals surface area contributed by atoms with Crippen LogP contribution in [0.5, 0.6) is 5.75 Å². The molecule has 0 spiro atoms. The van der Waals surface area contributed by atoms with Gasteiger partial charge in [0.2, 0.25) is 0 Å². The summed E-state index contributed by atoms with van der Waals surface area (Å²) >= 11 is 0. The third kappa shape index (κ3) is 4.73. The summed E-state index contributed by atoms with van der Waals surface area (Å²) < 4.78 is 32.0. The lowest BCUT2D eigenvalue weighted by atomic mass is 10.1. The summed E-state index contributed by atoms with van der Waals surface area (Å²) in [6, 6.07) is 11.4. The van der Waals surface area contributed by atoms with Gasteiger partial charge in [0, 0.05) is 6.20 Å². The minimum atomic E-state index is -0.983. The van der Waals surface area contributed by atoms with Crippen molar-refractivity contribution >= 4 is 11.6 Å². The number of benzene rings is 2. The summed E-state index contributed by atoms with van der Waals surface area (Å²) in [5, 5.41) is 5.50. The number of pyridine rings is 1. The van der Waals surface area contributed by atoms with Crippen molar-refractivity contribution in [2.75, 3.05) is 5.32 Å². The highest BCUT2D eigenvalue weighted by Gasteiger charge is 2.15. The molecule has 1 aromatic heterocycles. The number of hydrogen-bond acceptors (Lipinski definition) is 5. The van der Waals surface area contributed by atoms with E-state index in [1.807, 2.05) is 0 Å². The maximum absolute atomic E-state index is 13.4. The van der Waals surface area contributed by atoms with Crippen LogP contribution in [0.3, 0.4) is 0 Å². The Morgan fingerprint density at radius 1 is 1.07 bits per heavy atom. The summed E-state index contributed by atoms with van der Waals surface area (Å²) in [6.45, 7) is -0.174. The van der Waals surface area contributed by atoms with E-state index in [2.05, 4.69) is 15.5 Å². The van der Waals surface area contributed by atoms with Gasteiger partial charge < -0.3 is 10.1 Å². The van der Waals surface area contributed by atoms with E-state index in [0.29, 0.717) is 16.8 Å². The predicted molar refractivity (Wildman–Crippen MR) is 98.8 cm³/mol. The second-order valence-corrected chi connectivity index (χ2v) is 5.85. The van der Waals surface area contributed by atoms with Crippen LogP contribution in [0.1, 0.15) is 21.5 Å². The first-order chi connectivity index (χ1) is 13.6. The zero-order chi connectivity index (χ0) is 19.9. The molecule has 0 bridgehead atoms. The van der Waals surface area contributed by atoms with Crippen molar-refractivity contribution < 1.29 is 18.3 Å². The summed E-state index contributed by atoms with van der Waals surface area (Å²) in [4.78, 5) is 27.1. The zero-order valence-electron chi connectivity index (χ0n) is 14.6. The summed E-state index contributed by atoms with van der Waals surface area (Å²) in [7, 11) is 0. The van der Waals surface area contributed by atoms with Crippen LogP contribution in [0.4, 0.5) is 14.5 Å². The Kier molecular flexibility index (Phi) is 6.01.